The predicted octanol–water partition coefficient (Wildman–Crippen LogP) is 2.51. The first kappa shape index (κ1) is 13.2. The second-order valence-corrected chi connectivity index (χ2v) is 4.20. The van der Waals surface area contributed by atoms with Gasteiger partial charge in [-0.25, -0.2) is 9.18 Å². The molecule has 1 N–H and O–H groups in total. The molecule has 0 aromatic heterocycles. The zero-order valence-corrected chi connectivity index (χ0v) is 10.1. The Hall–Kier alpha value is -1.86. The van der Waals surface area contributed by atoms with Crippen LogP contribution in [-0.4, -0.2) is 12.5 Å². The van der Waals surface area contributed by atoms with E-state index < -0.39 is 5.41 Å². The van der Waals surface area contributed by atoms with E-state index in [0.29, 0.717) is 17.7 Å². The maximum absolute atomic E-state index is 14.0. The average Bonchev–Trinajstić information content (AvgIpc) is 2.30. The number of halogens is 1. The number of nitrogens with one attached hydrogen (secondary N) is 1. The quantitative estimate of drug-likeness (QED) is 0.792. The fourth-order valence-corrected chi connectivity index (χ4v) is 1.73. The second-order valence-electron chi connectivity index (χ2n) is 4.20. The summed E-state index contributed by atoms with van der Waals surface area (Å²) >= 11 is 0. The lowest BCUT2D eigenvalue weighted by molar-refractivity contribution is 0.507. The van der Waals surface area contributed by atoms with Crippen molar-refractivity contribution in [3.63, 3.8) is 0 Å². The van der Waals surface area contributed by atoms with Gasteiger partial charge in [0.1, 0.15) is 11.8 Å². The van der Waals surface area contributed by atoms with Gasteiger partial charge in [0, 0.05) is 23.6 Å². The van der Waals surface area contributed by atoms with Crippen molar-refractivity contribution < 1.29 is 9.18 Å². The molecule has 1 aromatic rings. The third-order valence-electron chi connectivity index (χ3n) is 2.80. The first-order valence-corrected chi connectivity index (χ1v) is 5.37. The normalized spacial score (nSPS) is 13.4. The summed E-state index contributed by atoms with van der Waals surface area (Å²) in [6, 6.07) is 5.16. The molecule has 90 valence electrons. The van der Waals surface area contributed by atoms with E-state index in [2.05, 4.69) is 11.9 Å². The Balaban J connectivity index is 3.26. The van der Waals surface area contributed by atoms with Gasteiger partial charge in [-0.1, -0.05) is 24.8 Å². The molecule has 0 radical (unpaired) electrons. The Morgan fingerprint density at radius 2 is 2.29 bits per heavy atom. The minimum Gasteiger partial charge on any atom is -0.390 e. The average molecular weight is 233 g/mol. The fourth-order valence-electron chi connectivity index (χ4n) is 1.73. The van der Waals surface area contributed by atoms with Crippen molar-refractivity contribution in [1.82, 2.24) is 5.32 Å². The van der Waals surface area contributed by atoms with E-state index in [-0.39, 0.29) is 5.82 Å². The van der Waals surface area contributed by atoms with Crippen molar-refractivity contribution in [2.45, 2.75) is 19.3 Å². The van der Waals surface area contributed by atoms with E-state index in [1.54, 1.807) is 38.0 Å². The largest absolute Gasteiger partial charge is 0.390 e. The number of hydrogen-bond donors (Lipinski definition) is 1. The van der Waals surface area contributed by atoms with Crippen LogP contribution in [0, 0.1) is 12.7 Å². The second kappa shape index (κ2) is 5.46. The highest BCUT2D eigenvalue weighted by Crippen LogP contribution is 2.28. The van der Waals surface area contributed by atoms with Crippen LogP contribution in [0.2, 0.25) is 0 Å². The highest BCUT2D eigenvalue weighted by Gasteiger charge is 2.27. The Morgan fingerprint density at radius 1 is 1.59 bits per heavy atom. The molecule has 0 spiro atoms. The molecule has 0 saturated heterocycles. The molecule has 0 aliphatic heterocycles. The van der Waals surface area contributed by atoms with Crippen molar-refractivity contribution in [2.75, 3.05) is 6.54 Å². The van der Waals surface area contributed by atoms with E-state index in [1.165, 1.54) is 12.3 Å². The van der Waals surface area contributed by atoms with E-state index in [4.69, 9.17) is 0 Å². The van der Waals surface area contributed by atoms with Gasteiger partial charge in [-0.15, -0.1) is 0 Å². The maximum Gasteiger partial charge on any atom is 0.130 e. The molecule has 2 nitrogen and oxygen atoms in total. The maximum atomic E-state index is 14.0. The molecule has 0 bridgehead atoms. The van der Waals surface area contributed by atoms with Gasteiger partial charge in [-0.3, -0.25) is 0 Å². The summed E-state index contributed by atoms with van der Waals surface area (Å²) in [5, 5.41) is 2.91. The van der Waals surface area contributed by atoms with Gasteiger partial charge in [-0.2, -0.15) is 0 Å². The van der Waals surface area contributed by atoms with Crippen molar-refractivity contribution in [2.24, 2.45) is 0 Å². The third kappa shape index (κ3) is 2.83. The molecule has 0 fully saturated rings. The molecule has 3 heteroatoms. The highest BCUT2D eigenvalue weighted by molar-refractivity contribution is 5.52. The smallest absolute Gasteiger partial charge is 0.130 e. The Morgan fingerprint density at radius 3 is 2.88 bits per heavy atom. The molecular formula is C14H16FNO. The predicted molar refractivity (Wildman–Crippen MR) is 67.0 cm³/mol. The molecule has 0 unspecified atom stereocenters. The third-order valence-corrected chi connectivity index (χ3v) is 2.80. The van der Waals surface area contributed by atoms with Crippen molar-refractivity contribution in [3.05, 3.63) is 54.0 Å². The summed E-state index contributed by atoms with van der Waals surface area (Å²) < 4.78 is 14.0. The first-order valence-electron chi connectivity index (χ1n) is 5.37. The Bertz CT molecular complexity index is 463. The Kier molecular flexibility index (Phi) is 4.24. The van der Waals surface area contributed by atoms with Gasteiger partial charge in [0.05, 0.1) is 0 Å². The molecule has 17 heavy (non-hydrogen) atoms. The van der Waals surface area contributed by atoms with Gasteiger partial charge in [-0.05, 0) is 25.6 Å². The van der Waals surface area contributed by atoms with E-state index in [0.717, 1.165) is 0 Å². The zero-order valence-electron chi connectivity index (χ0n) is 10.1. The van der Waals surface area contributed by atoms with E-state index in [1.807, 2.05) is 0 Å². The summed E-state index contributed by atoms with van der Waals surface area (Å²) in [5.74, 6) is 1.46. The van der Waals surface area contributed by atoms with Crippen LogP contribution in [0.25, 0.3) is 0 Å². The first-order chi connectivity index (χ1) is 8.05. The number of rotatable bonds is 5. The number of carbonyl (C=O) groups excluding carboxylic acids is 1. The summed E-state index contributed by atoms with van der Waals surface area (Å²) in [6.45, 7) is 7.42. The topological polar surface area (TPSA) is 29.1 Å². The molecule has 0 heterocycles. The minimum atomic E-state index is -0.730. The van der Waals surface area contributed by atoms with Gasteiger partial charge < -0.3 is 5.32 Å². The molecule has 0 saturated carbocycles. The molecule has 0 aliphatic rings. The number of hydrogen-bond acceptors (Lipinski definition) is 2. The molecular weight excluding hydrogens is 217 g/mol. The summed E-state index contributed by atoms with van der Waals surface area (Å²) in [6.07, 6.45) is 2.85. The van der Waals surface area contributed by atoms with E-state index in [9.17, 15) is 9.18 Å². The van der Waals surface area contributed by atoms with Gasteiger partial charge in [0.25, 0.3) is 0 Å². The van der Waals surface area contributed by atoms with Crippen LogP contribution in [0.5, 0.6) is 0 Å². The summed E-state index contributed by atoms with van der Waals surface area (Å²) in [5.41, 5.74) is 0.313. The van der Waals surface area contributed by atoms with Crippen LogP contribution in [0.15, 0.2) is 37.1 Å². The van der Waals surface area contributed by atoms with Crippen LogP contribution < -0.4 is 5.32 Å². The van der Waals surface area contributed by atoms with Crippen LogP contribution >= 0.6 is 0 Å². The van der Waals surface area contributed by atoms with Crippen molar-refractivity contribution in [1.29, 1.82) is 0 Å². The Labute approximate surface area is 101 Å². The highest BCUT2D eigenvalue weighted by atomic mass is 19.1. The number of aryl methyl sites for hydroxylation is 1. The molecule has 0 aliphatic carbocycles. The summed E-state index contributed by atoms with van der Waals surface area (Å²) in [4.78, 5) is 10.6. The zero-order chi connectivity index (χ0) is 12.9. The van der Waals surface area contributed by atoms with Gasteiger partial charge in [0.2, 0.25) is 0 Å². The van der Waals surface area contributed by atoms with Crippen molar-refractivity contribution >= 4 is 5.94 Å². The lowest BCUT2D eigenvalue weighted by Crippen LogP contribution is -2.32. The molecule has 1 rings (SSSR count). The van der Waals surface area contributed by atoms with Crippen LogP contribution in [0.3, 0.4) is 0 Å². The SMILES string of the molecule is C=CNC[C@@](C)(C=C=O)c1cccc(C)c1F. The van der Waals surface area contributed by atoms with Crippen LogP contribution in [0.1, 0.15) is 18.1 Å². The van der Waals surface area contributed by atoms with E-state index >= 15 is 0 Å². The summed E-state index contributed by atoms with van der Waals surface area (Å²) in [7, 11) is 0. The monoisotopic (exact) mass is 233 g/mol. The van der Waals surface area contributed by atoms with Crippen LogP contribution in [-0.2, 0) is 10.2 Å². The lowest BCUT2D eigenvalue weighted by Gasteiger charge is -2.26. The number of benzene rings is 1. The van der Waals surface area contributed by atoms with Crippen LogP contribution in [0.4, 0.5) is 4.39 Å². The lowest BCUT2D eigenvalue weighted by atomic mass is 9.81. The van der Waals surface area contributed by atoms with Gasteiger partial charge >= 0.3 is 0 Å². The standard InChI is InChI=1S/C14H16FNO/c1-4-16-10-14(3,8-9-17)12-7-5-6-11(2)13(12)15/h4-8,16H,1,10H2,2-3H3/t14-/m1/s1. The molecule has 1 atom stereocenters. The fraction of sp³-hybridized carbons (Fsp3) is 0.286. The van der Waals surface area contributed by atoms with Crippen molar-refractivity contribution in [3.8, 4) is 0 Å². The van der Waals surface area contributed by atoms with Gasteiger partial charge in [0.15, 0.2) is 0 Å². The molecule has 0 amide bonds. The minimum absolute atomic E-state index is 0.285. The molecule has 1 aromatic carbocycles.